The number of Topliss-reactive ketones (excluding diaryl/α,β-unsaturated/α-hetero) is 2. The van der Waals surface area contributed by atoms with Gasteiger partial charge in [0.2, 0.25) is 0 Å². The Kier molecular flexibility index (Phi) is 11.9. The molecule has 0 aromatic rings. The second-order valence-corrected chi connectivity index (χ2v) is 23.6. The number of hydrogen-bond acceptors (Lipinski definition) is 11. The van der Waals surface area contributed by atoms with Crippen LogP contribution in [0.3, 0.4) is 0 Å². The van der Waals surface area contributed by atoms with E-state index in [4.69, 9.17) is 16.2 Å². The van der Waals surface area contributed by atoms with Crippen molar-refractivity contribution in [1.29, 1.82) is 0 Å². The molecule has 6 fully saturated rings. The first kappa shape index (κ1) is 46.8. The number of ether oxygens (including phenoxy) is 1. The zero-order valence-electron chi connectivity index (χ0n) is 39.4. The number of nitrogens with zero attached hydrogens (tertiary/aromatic N) is 1. The molecule has 2 bridgehead atoms. The van der Waals surface area contributed by atoms with Gasteiger partial charge in [-0.05, 0) is 156 Å². The average Bonchev–Trinajstić information content (AvgIpc) is 3.74. The number of rotatable bonds is 7. The van der Waals surface area contributed by atoms with Gasteiger partial charge >= 0.3 is 5.97 Å². The number of aliphatic hydroxyl groups is 5. The minimum absolute atomic E-state index is 0.0120. The van der Waals surface area contributed by atoms with E-state index in [1.54, 1.807) is 6.92 Å². The molecule has 10 N–H and O–H groups in total. The normalized spacial score (nSPS) is 49.0. The number of nitrogens with one attached hydrogen (secondary N) is 1. The first-order chi connectivity index (χ1) is 30.6. The average molecular weight is 901 g/mol. The Bertz CT molecular complexity index is 2120. The molecule has 13 nitrogen and oxygen atoms in total. The van der Waals surface area contributed by atoms with E-state index in [0.29, 0.717) is 62.5 Å². The van der Waals surface area contributed by atoms with E-state index < -0.39 is 63.5 Å². The van der Waals surface area contributed by atoms with Gasteiger partial charge in [0.25, 0.3) is 0 Å². The number of aliphatic hydroxyl groups excluding tert-OH is 2. The van der Waals surface area contributed by atoms with Gasteiger partial charge in [-0.3, -0.25) is 19.4 Å². The summed E-state index contributed by atoms with van der Waals surface area (Å²) in [6.07, 6.45) is 8.65. The minimum atomic E-state index is -1.78. The van der Waals surface area contributed by atoms with Crippen LogP contribution in [-0.4, -0.2) is 97.7 Å². The number of nitrogens with two attached hydrogens (primary N) is 2. The lowest BCUT2D eigenvalue weighted by atomic mass is 9.43. The summed E-state index contributed by atoms with van der Waals surface area (Å²) in [5.74, 6) is 5.13. The molecule has 1 aliphatic heterocycles. The highest BCUT2D eigenvalue weighted by molar-refractivity contribution is 6.00. The SMILES string of the molecule is CC(=O)CNC1=C2C(CCC3(CCN=C(N)N)C4C(CC#CC(C5COC(=O)C5)CC56CCC(O)(CC(C)C5CC=C5CCC(C)CC56)C4(C)O)CC23O)C2(C)CC(O)C(O)CC2C1=O. The van der Waals surface area contributed by atoms with Crippen LogP contribution in [0.5, 0.6) is 0 Å². The van der Waals surface area contributed by atoms with Gasteiger partial charge in [-0.25, -0.2) is 0 Å². The third-order valence-corrected chi connectivity index (χ3v) is 20.2. The molecule has 358 valence electrons. The first-order valence-electron chi connectivity index (χ1n) is 25.0. The quantitative estimate of drug-likeness (QED) is 0.0590. The number of fused-ring (bicyclic) bond motifs is 10. The molecule has 18 unspecified atom stereocenters. The Hall–Kier alpha value is -3.28. The lowest BCUT2D eigenvalue weighted by molar-refractivity contribution is -0.227. The van der Waals surface area contributed by atoms with Crippen molar-refractivity contribution in [1.82, 2.24) is 5.32 Å². The molecule has 65 heavy (non-hydrogen) atoms. The summed E-state index contributed by atoms with van der Waals surface area (Å²) in [6.45, 7) is 10.1. The maximum atomic E-state index is 15.1. The van der Waals surface area contributed by atoms with Crippen LogP contribution in [0.25, 0.3) is 0 Å². The monoisotopic (exact) mass is 901 g/mol. The Labute approximate surface area is 385 Å². The van der Waals surface area contributed by atoms with Crippen molar-refractivity contribution in [3.05, 3.63) is 22.9 Å². The molecule has 0 radical (unpaired) electrons. The van der Waals surface area contributed by atoms with Crippen LogP contribution in [0.4, 0.5) is 0 Å². The summed E-state index contributed by atoms with van der Waals surface area (Å²) in [6, 6.07) is 0. The molecule has 13 heteroatoms. The molecule has 8 aliphatic carbocycles. The molecule has 18 atom stereocenters. The molecule has 9 rings (SSSR count). The van der Waals surface area contributed by atoms with E-state index in [0.717, 1.165) is 32.1 Å². The lowest BCUT2D eigenvalue weighted by Gasteiger charge is -2.63. The second-order valence-electron chi connectivity index (χ2n) is 23.6. The summed E-state index contributed by atoms with van der Waals surface area (Å²) in [7, 11) is 0. The van der Waals surface area contributed by atoms with Crippen molar-refractivity contribution in [3.8, 4) is 11.8 Å². The van der Waals surface area contributed by atoms with E-state index in [9.17, 15) is 35.1 Å². The smallest absolute Gasteiger partial charge is 0.306 e. The fraction of sp³-hybridized carbons (Fsp3) is 0.808. The summed E-state index contributed by atoms with van der Waals surface area (Å²) in [5, 5.41) is 67.4. The Morgan fingerprint density at radius 1 is 0.954 bits per heavy atom. The second kappa shape index (κ2) is 16.5. The fourth-order valence-corrected chi connectivity index (χ4v) is 17.2. The molecular formula is C52H76N4O9. The number of hydrogen-bond donors (Lipinski definition) is 8. The van der Waals surface area contributed by atoms with Crippen LogP contribution in [0.2, 0.25) is 0 Å². The number of guanidine groups is 1. The van der Waals surface area contributed by atoms with Crippen molar-refractivity contribution in [3.63, 3.8) is 0 Å². The van der Waals surface area contributed by atoms with Crippen LogP contribution in [0.15, 0.2) is 27.9 Å². The molecule has 0 amide bonds. The van der Waals surface area contributed by atoms with E-state index >= 15 is 4.79 Å². The van der Waals surface area contributed by atoms with Crippen molar-refractivity contribution >= 4 is 23.5 Å². The molecule has 0 aromatic carbocycles. The lowest BCUT2D eigenvalue weighted by Crippen LogP contribution is -2.67. The van der Waals surface area contributed by atoms with Crippen molar-refractivity contribution in [2.75, 3.05) is 19.7 Å². The Balaban J connectivity index is 1.25. The van der Waals surface area contributed by atoms with Crippen molar-refractivity contribution in [2.24, 2.45) is 91.9 Å². The summed E-state index contributed by atoms with van der Waals surface area (Å²) >= 11 is 0. The number of carbonyl (C=O) groups excluding carboxylic acids is 3. The van der Waals surface area contributed by atoms with Gasteiger partial charge < -0.3 is 47.1 Å². The van der Waals surface area contributed by atoms with Gasteiger partial charge in [-0.2, -0.15) is 0 Å². The highest BCUT2D eigenvalue weighted by Gasteiger charge is 2.75. The van der Waals surface area contributed by atoms with E-state index in [2.05, 4.69) is 42.1 Å². The number of aliphatic imine (C=N–C) groups is 1. The predicted molar refractivity (Wildman–Crippen MR) is 244 cm³/mol. The van der Waals surface area contributed by atoms with Crippen molar-refractivity contribution in [2.45, 2.75) is 166 Å². The maximum Gasteiger partial charge on any atom is 0.306 e. The number of allylic oxidation sites excluding steroid dienone is 3. The maximum absolute atomic E-state index is 15.1. The number of cyclic esters (lactones) is 1. The third-order valence-electron chi connectivity index (χ3n) is 20.2. The number of esters is 1. The fourth-order valence-electron chi connectivity index (χ4n) is 17.2. The van der Waals surface area contributed by atoms with Crippen LogP contribution < -0.4 is 16.8 Å². The topological polar surface area (TPSA) is 238 Å². The van der Waals surface area contributed by atoms with Gasteiger partial charge in [0.15, 0.2) is 11.7 Å². The molecule has 0 aromatic heterocycles. The van der Waals surface area contributed by atoms with Crippen LogP contribution in [0, 0.1) is 87.3 Å². The highest BCUT2D eigenvalue weighted by atomic mass is 16.5. The standard InChI is InChI=1S/C52H76N4O9/c1-28-9-10-31-11-12-35-29(2)22-51(63)16-15-49(35,37(31)19-28)23-32(34-20-41(60)65-27-34)7-6-8-33-24-52(64)42-36(13-14-50(52,17-18-55-46(53)54)45(33)48(51,5)62)47(4)25-40(59)39(58)21-38(47)44(61)43(42)56-26-30(3)57/h11,28-29,32-40,45,56,58-59,62-64H,8-10,12-27H2,1-5H3,(H4,53,54,55). The zero-order valence-corrected chi connectivity index (χ0v) is 39.4. The van der Waals surface area contributed by atoms with Crippen LogP contribution in [-0.2, 0) is 19.1 Å². The van der Waals surface area contributed by atoms with Crippen LogP contribution in [0.1, 0.15) is 137 Å². The molecule has 1 heterocycles. The van der Waals surface area contributed by atoms with E-state index in [1.807, 2.05) is 6.92 Å². The summed E-state index contributed by atoms with van der Waals surface area (Å²) < 4.78 is 5.65. The number of carbonyl (C=O) groups is 3. The molecule has 1 spiro atoms. The first-order valence-corrected chi connectivity index (χ1v) is 25.0. The predicted octanol–water partition coefficient (Wildman–Crippen LogP) is 4.21. The van der Waals surface area contributed by atoms with Gasteiger partial charge in [-0.15, -0.1) is 5.92 Å². The largest absolute Gasteiger partial charge is 0.465 e. The number of ketones is 2. The van der Waals surface area contributed by atoms with Gasteiger partial charge in [-0.1, -0.05) is 38.3 Å². The Morgan fingerprint density at radius 3 is 2.43 bits per heavy atom. The van der Waals surface area contributed by atoms with E-state index in [1.165, 1.54) is 12.5 Å². The van der Waals surface area contributed by atoms with Gasteiger partial charge in [0.05, 0.1) is 54.3 Å². The minimum Gasteiger partial charge on any atom is -0.465 e. The summed E-state index contributed by atoms with van der Waals surface area (Å²) in [4.78, 5) is 45.0. The third kappa shape index (κ3) is 7.18. The molecule has 1 saturated heterocycles. The van der Waals surface area contributed by atoms with E-state index in [-0.39, 0.29) is 103 Å². The summed E-state index contributed by atoms with van der Waals surface area (Å²) in [5.41, 5.74) is 6.74. The zero-order chi connectivity index (χ0) is 46.6. The molecule has 9 aliphatic rings. The highest BCUT2D eigenvalue weighted by Crippen LogP contribution is 2.74. The van der Waals surface area contributed by atoms with Crippen molar-refractivity contribution < 1.29 is 44.7 Å². The van der Waals surface area contributed by atoms with Gasteiger partial charge in [0.1, 0.15) is 5.78 Å². The molecular weight excluding hydrogens is 825 g/mol. The molecule has 5 saturated carbocycles. The van der Waals surface area contributed by atoms with Crippen LogP contribution >= 0.6 is 0 Å². The Morgan fingerprint density at radius 2 is 1.72 bits per heavy atom. The van der Waals surface area contributed by atoms with Gasteiger partial charge in [0, 0.05) is 42.1 Å².